The van der Waals surface area contributed by atoms with Crippen molar-refractivity contribution in [3.05, 3.63) is 123 Å². The number of hydrogen-bond acceptors (Lipinski definition) is 5. The SMILES string of the molecule is Cc1cc(C)c2cc([C@H](c3nnnn3Cc3ccccc3)N3CCC(Cc4ccccc4)CC3)c(=O)[nH]c2c1. The zero-order valence-corrected chi connectivity index (χ0v) is 22.5. The topological polar surface area (TPSA) is 79.7 Å². The number of H-pyrrole nitrogens is 1. The van der Waals surface area contributed by atoms with E-state index in [2.05, 4.69) is 93.9 Å². The summed E-state index contributed by atoms with van der Waals surface area (Å²) in [5.41, 5.74) is 6.25. The van der Waals surface area contributed by atoms with Crippen molar-refractivity contribution in [2.45, 2.75) is 45.7 Å². The molecule has 6 rings (SSSR count). The van der Waals surface area contributed by atoms with Gasteiger partial charge in [-0.15, -0.1) is 5.10 Å². The van der Waals surface area contributed by atoms with Crippen LogP contribution in [0.5, 0.6) is 0 Å². The molecule has 1 saturated heterocycles. The third-order valence-electron chi connectivity index (χ3n) is 8.00. The van der Waals surface area contributed by atoms with Gasteiger partial charge in [0.1, 0.15) is 6.04 Å². The highest BCUT2D eigenvalue weighted by Gasteiger charge is 2.33. The third kappa shape index (κ3) is 5.40. The Morgan fingerprint density at radius 2 is 1.62 bits per heavy atom. The van der Waals surface area contributed by atoms with E-state index < -0.39 is 0 Å². The lowest BCUT2D eigenvalue weighted by molar-refractivity contribution is 0.143. The molecule has 198 valence electrons. The number of likely N-dealkylation sites (tertiary alicyclic amines) is 1. The first-order valence-corrected chi connectivity index (χ1v) is 13.8. The molecule has 0 radical (unpaired) electrons. The number of pyridine rings is 1. The molecule has 0 unspecified atom stereocenters. The summed E-state index contributed by atoms with van der Waals surface area (Å²) >= 11 is 0. The number of nitrogens with one attached hydrogen (secondary N) is 1. The van der Waals surface area contributed by atoms with E-state index in [-0.39, 0.29) is 11.6 Å². The highest BCUT2D eigenvalue weighted by Crippen LogP contribution is 2.32. The smallest absolute Gasteiger partial charge is 0.253 e. The van der Waals surface area contributed by atoms with Crippen LogP contribution in [0.3, 0.4) is 0 Å². The van der Waals surface area contributed by atoms with Crippen LogP contribution in [0.25, 0.3) is 10.9 Å². The fraction of sp³-hybridized carbons (Fsp3) is 0.312. The fourth-order valence-corrected chi connectivity index (χ4v) is 6.03. The average Bonchev–Trinajstić information content (AvgIpc) is 3.39. The van der Waals surface area contributed by atoms with E-state index in [0.717, 1.165) is 59.9 Å². The number of fused-ring (bicyclic) bond motifs is 1. The second kappa shape index (κ2) is 10.9. The van der Waals surface area contributed by atoms with Gasteiger partial charge >= 0.3 is 0 Å². The quantitative estimate of drug-likeness (QED) is 0.319. The van der Waals surface area contributed by atoms with Crippen molar-refractivity contribution in [2.75, 3.05) is 13.1 Å². The molecule has 1 N–H and O–H groups in total. The maximum atomic E-state index is 13.7. The van der Waals surface area contributed by atoms with Crippen molar-refractivity contribution in [1.29, 1.82) is 0 Å². The molecule has 0 saturated carbocycles. The molecule has 0 aliphatic carbocycles. The van der Waals surface area contributed by atoms with Gasteiger partial charge in [-0.2, -0.15) is 0 Å². The molecule has 1 aliphatic heterocycles. The number of aromatic nitrogens is 5. The molecule has 1 fully saturated rings. The average molecular weight is 519 g/mol. The predicted octanol–water partition coefficient (Wildman–Crippen LogP) is 5.22. The molecule has 3 heterocycles. The highest BCUT2D eigenvalue weighted by atomic mass is 16.1. The number of aryl methyl sites for hydroxylation is 2. The van der Waals surface area contributed by atoms with Crippen molar-refractivity contribution in [3.8, 4) is 0 Å². The summed E-state index contributed by atoms with van der Waals surface area (Å²) in [5.74, 6) is 1.32. The van der Waals surface area contributed by atoms with Gasteiger partial charge in [-0.25, -0.2) is 4.68 Å². The zero-order chi connectivity index (χ0) is 26.8. The molecule has 1 atom stereocenters. The van der Waals surface area contributed by atoms with Crippen LogP contribution in [0.2, 0.25) is 0 Å². The van der Waals surface area contributed by atoms with Gasteiger partial charge in [-0.1, -0.05) is 66.7 Å². The van der Waals surface area contributed by atoms with Gasteiger partial charge < -0.3 is 4.98 Å². The van der Waals surface area contributed by atoms with Crippen LogP contribution in [0, 0.1) is 19.8 Å². The van der Waals surface area contributed by atoms with Crippen molar-refractivity contribution in [2.24, 2.45) is 5.92 Å². The van der Waals surface area contributed by atoms with Gasteiger partial charge in [-0.05, 0) is 96.9 Å². The zero-order valence-electron chi connectivity index (χ0n) is 22.5. The first kappa shape index (κ1) is 25.2. The fourth-order valence-electron chi connectivity index (χ4n) is 6.03. The summed E-state index contributed by atoms with van der Waals surface area (Å²) in [6.45, 7) is 6.46. The second-order valence-electron chi connectivity index (χ2n) is 10.8. The molecular weight excluding hydrogens is 484 g/mol. The van der Waals surface area contributed by atoms with Crippen LogP contribution < -0.4 is 5.56 Å². The van der Waals surface area contributed by atoms with Crippen molar-refractivity contribution in [3.63, 3.8) is 0 Å². The van der Waals surface area contributed by atoms with E-state index in [4.69, 9.17) is 0 Å². The summed E-state index contributed by atoms with van der Waals surface area (Å²) in [5, 5.41) is 14.0. The van der Waals surface area contributed by atoms with Gasteiger partial charge in [0.15, 0.2) is 5.82 Å². The van der Waals surface area contributed by atoms with E-state index >= 15 is 0 Å². The van der Waals surface area contributed by atoms with Gasteiger partial charge in [-0.3, -0.25) is 9.69 Å². The minimum atomic E-state index is -0.338. The van der Waals surface area contributed by atoms with E-state index in [1.54, 1.807) is 0 Å². The first-order chi connectivity index (χ1) is 19.0. The molecule has 0 amide bonds. The third-order valence-corrected chi connectivity index (χ3v) is 8.00. The summed E-state index contributed by atoms with van der Waals surface area (Å²) in [7, 11) is 0. The van der Waals surface area contributed by atoms with Gasteiger partial charge in [0.05, 0.1) is 6.54 Å². The van der Waals surface area contributed by atoms with E-state index in [1.807, 2.05) is 28.9 Å². The molecule has 7 nitrogen and oxygen atoms in total. The molecule has 7 heteroatoms. The van der Waals surface area contributed by atoms with Crippen LogP contribution in [-0.4, -0.2) is 43.2 Å². The highest BCUT2D eigenvalue weighted by molar-refractivity contribution is 5.83. The second-order valence-corrected chi connectivity index (χ2v) is 10.8. The largest absolute Gasteiger partial charge is 0.322 e. The van der Waals surface area contributed by atoms with Crippen molar-refractivity contribution < 1.29 is 0 Å². The molecule has 0 bridgehead atoms. The monoisotopic (exact) mass is 518 g/mol. The normalized spacial score (nSPS) is 15.5. The molecule has 0 spiro atoms. The Morgan fingerprint density at radius 1 is 0.923 bits per heavy atom. The summed E-state index contributed by atoms with van der Waals surface area (Å²) in [4.78, 5) is 19.2. The van der Waals surface area contributed by atoms with Crippen LogP contribution in [-0.2, 0) is 13.0 Å². The maximum absolute atomic E-state index is 13.7. The summed E-state index contributed by atoms with van der Waals surface area (Å²) in [6.07, 6.45) is 3.21. The van der Waals surface area contributed by atoms with E-state index in [0.29, 0.717) is 23.9 Å². The van der Waals surface area contributed by atoms with Crippen LogP contribution in [0.15, 0.2) is 83.7 Å². The Morgan fingerprint density at radius 3 is 2.33 bits per heavy atom. The number of rotatable bonds is 7. The van der Waals surface area contributed by atoms with Gasteiger partial charge in [0.25, 0.3) is 5.56 Å². The Kier molecular flexibility index (Phi) is 7.07. The number of benzene rings is 3. The standard InChI is InChI=1S/C32H34N6O/c1-22-17-23(2)27-20-28(32(39)33-29(27)18-22)30(31-34-35-36-38(31)21-26-11-7-4-8-12-26)37-15-13-25(14-16-37)19-24-9-5-3-6-10-24/h3-12,17-18,20,25,30H,13-16,19,21H2,1-2H3,(H,33,39)/t30-/m1/s1. The predicted molar refractivity (Wildman–Crippen MR) is 154 cm³/mol. The lowest BCUT2D eigenvalue weighted by Gasteiger charge is -2.37. The summed E-state index contributed by atoms with van der Waals surface area (Å²) in [6, 6.07) is 26.8. The van der Waals surface area contributed by atoms with E-state index in [1.165, 1.54) is 5.56 Å². The summed E-state index contributed by atoms with van der Waals surface area (Å²) < 4.78 is 1.85. The minimum Gasteiger partial charge on any atom is -0.322 e. The Hall–Kier alpha value is -4.10. The first-order valence-electron chi connectivity index (χ1n) is 13.8. The molecule has 3 aromatic carbocycles. The molecule has 39 heavy (non-hydrogen) atoms. The number of nitrogens with zero attached hydrogens (tertiary/aromatic N) is 5. The number of piperidine rings is 1. The van der Waals surface area contributed by atoms with Crippen LogP contribution >= 0.6 is 0 Å². The maximum Gasteiger partial charge on any atom is 0.253 e. The van der Waals surface area contributed by atoms with Gasteiger partial charge in [0, 0.05) is 16.5 Å². The lowest BCUT2D eigenvalue weighted by atomic mass is 9.88. The van der Waals surface area contributed by atoms with E-state index in [9.17, 15) is 4.79 Å². The Bertz CT molecular complexity index is 1620. The molecule has 5 aromatic rings. The Labute approximate surface area is 228 Å². The molecular formula is C32H34N6O. The molecule has 2 aromatic heterocycles. The number of tetrazole rings is 1. The lowest BCUT2D eigenvalue weighted by Crippen LogP contribution is -2.41. The Balaban J connectivity index is 1.37. The minimum absolute atomic E-state index is 0.0850. The van der Waals surface area contributed by atoms with Gasteiger partial charge in [0.2, 0.25) is 0 Å². The number of aromatic amines is 1. The van der Waals surface area contributed by atoms with Crippen LogP contribution in [0.1, 0.15) is 52.5 Å². The van der Waals surface area contributed by atoms with Crippen molar-refractivity contribution in [1.82, 2.24) is 30.1 Å². The number of hydrogen-bond donors (Lipinski definition) is 1. The molecule has 1 aliphatic rings. The van der Waals surface area contributed by atoms with Crippen molar-refractivity contribution >= 4 is 10.9 Å². The van der Waals surface area contributed by atoms with Crippen LogP contribution in [0.4, 0.5) is 0 Å².